The minimum atomic E-state index is -0.227. The number of carbonyl (C=O) groups is 2. The van der Waals surface area contributed by atoms with Crippen LogP contribution in [-0.2, 0) is 9.59 Å². The molecule has 6 heteroatoms. The molecular formula is C19H20N2O4. The maximum atomic E-state index is 12.6. The maximum absolute atomic E-state index is 12.6. The monoisotopic (exact) mass is 340 g/mol. The lowest BCUT2D eigenvalue weighted by Crippen LogP contribution is -2.28. The summed E-state index contributed by atoms with van der Waals surface area (Å²) in [4.78, 5) is 25.2. The van der Waals surface area contributed by atoms with Crippen LogP contribution in [0.5, 0.6) is 11.5 Å². The number of benzene rings is 1. The van der Waals surface area contributed by atoms with Gasteiger partial charge in [0.25, 0.3) is 11.8 Å². The molecule has 2 fully saturated rings. The molecule has 2 bridgehead atoms. The first-order valence-electron chi connectivity index (χ1n) is 8.55. The van der Waals surface area contributed by atoms with E-state index in [1.807, 2.05) is 13.0 Å². The molecule has 6 nitrogen and oxygen atoms in total. The Balaban J connectivity index is 1.55. The number of hydrazone groups is 1. The Kier molecular flexibility index (Phi) is 3.82. The van der Waals surface area contributed by atoms with Gasteiger partial charge in [-0.25, -0.2) is 0 Å². The number of amides is 2. The number of imide groups is 1. The van der Waals surface area contributed by atoms with E-state index in [4.69, 9.17) is 9.47 Å². The molecule has 1 aromatic carbocycles. The third kappa shape index (κ3) is 2.44. The molecule has 130 valence electrons. The van der Waals surface area contributed by atoms with Crippen LogP contribution in [0, 0.1) is 23.7 Å². The summed E-state index contributed by atoms with van der Waals surface area (Å²) in [6.07, 6.45) is 6.58. The van der Waals surface area contributed by atoms with Crippen molar-refractivity contribution in [2.45, 2.75) is 13.3 Å². The molecule has 1 aromatic rings. The van der Waals surface area contributed by atoms with Gasteiger partial charge in [0, 0.05) is 0 Å². The zero-order chi connectivity index (χ0) is 17.6. The number of fused-ring (bicyclic) bond motifs is 5. The fraction of sp³-hybridized carbons (Fsp3) is 0.421. The largest absolute Gasteiger partial charge is 0.493 e. The lowest BCUT2D eigenvalue weighted by atomic mass is 9.85. The van der Waals surface area contributed by atoms with Crippen LogP contribution in [0.1, 0.15) is 18.9 Å². The van der Waals surface area contributed by atoms with E-state index in [1.54, 1.807) is 19.2 Å². The van der Waals surface area contributed by atoms with Gasteiger partial charge in [-0.15, -0.1) is 0 Å². The molecule has 1 saturated carbocycles. The highest BCUT2D eigenvalue weighted by Crippen LogP contribution is 2.52. The van der Waals surface area contributed by atoms with E-state index in [1.165, 1.54) is 6.21 Å². The minimum Gasteiger partial charge on any atom is -0.493 e. The van der Waals surface area contributed by atoms with Crippen molar-refractivity contribution in [1.82, 2.24) is 5.01 Å². The Bertz CT molecular complexity index is 756. The highest BCUT2D eigenvalue weighted by atomic mass is 16.5. The normalized spacial score (nSPS) is 29.8. The summed E-state index contributed by atoms with van der Waals surface area (Å²) in [6, 6.07) is 5.37. The number of nitrogens with zero attached hydrogens (tertiary/aromatic N) is 2. The molecule has 3 aliphatic rings. The fourth-order valence-corrected chi connectivity index (χ4v) is 4.16. The van der Waals surface area contributed by atoms with Crippen molar-refractivity contribution < 1.29 is 19.1 Å². The van der Waals surface area contributed by atoms with Gasteiger partial charge in [0.2, 0.25) is 0 Å². The molecule has 25 heavy (non-hydrogen) atoms. The third-order valence-corrected chi connectivity index (χ3v) is 5.26. The van der Waals surface area contributed by atoms with Gasteiger partial charge in [-0.3, -0.25) is 9.59 Å². The second kappa shape index (κ2) is 6.02. The third-order valence-electron chi connectivity index (χ3n) is 5.26. The van der Waals surface area contributed by atoms with Crippen molar-refractivity contribution in [2.75, 3.05) is 13.7 Å². The molecule has 0 N–H and O–H groups in total. The van der Waals surface area contributed by atoms with Gasteiger partial charge in [0.15, 0.2) is 11.5 Å². The minimum absolute atomic E-state index is 0.180. The summed E-state index contributed by atoms with van der Waals surface area (Å²) < 4.78 is 10.8. The first-order valence-corrected chi connectivity index (χ1v) is 8.55. The van der Waals surface area contributed by atoms with Gasteiger partial charge in [-0.05, 0) is 48.9 Å². The quantitative estimate of drug-likeness (QED) is 0.468. The Morgan fingerprint density at radius 2 is 1.84 bits per heavy atom. The maximum Gasteiger partial charge on any atom is 0.254 e. The average molecular weight is 340 g/mol. The predicted octanol–water partition coefficient (Wildman–Crippen LogP) is 2.23. The summed E-state index contributed by atoms with van der Waals surface area (Å²) in [7, 11) is 1.57. The first-order chi connectivity index (χ1) is 12.1. The molecule has 1 heterocycles. The van der Waals surface area contributed by atoms with Gasteiger partial charge in [-0.2, -0.15) is 10.1 Å². The first kappa shape index (κ1) is 15.9. The number of hydrogen-bond donors (Lipinski definition) is 0. The van der Waals surface area contributed by atoms with E-state index >= 15 is 0 Å². The van der Waals surface area contributed by atoms with Crippen molar-refractivity contribution in [3.8, 4) is 11.5 Å². The number of carbonyl (C=O) groups excluding carboxylic acids is 2. The number of allylic oxidation sites excluding steroid dienone is 2. The fourth-order valence-electron chi connectivity index (χ4n) is 4.16. The van der Waals surface area contributed by atoms with E-state index in [0.29, 0.717) is 18.1 Å². The summed E-state index contributed by atoms with van der Waals surface area (Å²) >= 11 is 0. The Morgan fingerprint density at radius 1 is 1.16 bits per heavy atom. The number of ether oxygens (including phenoxy) is 2. The van der Waals surface area contributed by atoms with E-state index in [9.17, 15) is 9.59 Å². The second-order valence-electron chi connectivity index (χ2n) is 6.58. The molecular weight excluding hydrogens is 320 g/mol. The van der Waals surface area contributed by atoms with Gasteiger partial charge >= 0.3 is 0 Å². The van der Waals surface area contributed by atoms with Crippen molar-refractivity contribution in [3.05, 3.63) is 35.9 Å². The van der Waals surface area contributed by atoms with Crippen LogP contribution < -0.4 is 9.47 Å². The molecule has 0 radical (unpaired) electrons. The lowest BCUT2D eigenvalue weighted by molar-refractivity contribution is -0.140. The summed E-state index contributed by atoms with van der Waals surface area (Å²) in [5, 5.41) is 5.22. The predicted molar refractivity (Wildman–Crippen MR) is 91.3 cm³/mol. The molecule has 0 spiro atoms. The molecule has 2 amide bonds. The number of methoxy groups -OCH3 is 1. The molecule has 2 aliphatic carbocycles. The van der Waals surface area contributed by atoms with E-state index < -0.39 is 0 Å². The molecule has 0 unspecified atom stereocenters. The van der Waals surface area contributed by atoms with E-state index in [-0.39, 0.29) is 35.5 Å². The number of rotatable bonds is 5. The molecule has 4 atom stereocenters. The van der Waals surface area contributed by atoms with Crippen LogP contribution >= 0.6 is 0 Å². The van der Waals surface area contributed by atoms with Gasteiger partial charge < -0.3 is 9.47 Å². The Hall–Kier alpha value is -2.63. The van der Waals surface area contributed by atoms with E-state index in [2.05, 4.69) is 17.3 Å². The molecule has 0 aromatic heterocycles. The van der Waals surface area contributed by atoms with Crippen molar-refractivity contribution >= 4 is 18.0 Å². The zero-order valence-corrected chi connectivity index (χ0v) is 14.2. The lowest BCUT2D eigenvalue weighted by Gasteiger charge is -2.13. The SMILES string of the molecule is CCOc1ccc(/C=N\N2C(=O)[C@H]3[C@H](C2=O)[C@H]2C=C[C@H]3C2)cc1OC. The smallest absolute Gasteiger partial charge is 0.254 e. The molecule has 1 saturated heterocycles. The summed E-state index contributed by atoms with van der Waals surface area (Å²) in [6.45, 7) is 2.44. The Morgan fingerprint density at radius 3 is 2.44 bits per heavy atom. The van der Waals surface area contributed by atoms with Crippen LogP contribution in [-0.4, -0.2) is 36.8 Å². The van der Waals surface area contributed by atoms with E-state index in [0.717, 1.165) is 17.0 Å². The second-order valence-corrected chi connectivity index (χ2v) is 6.58. The van der Waals surface area contributed by atoms with Crippen LogP contribution in [0.3, 0.4) is 0 Å². The standard InChI is InChI=1S/C19H20N2O4/c1-3-25-14-7-4-11(8-15(14)24-2)10-20-21-18(22)16-12-5-6-13(9-12)17(16)19(21)23/h4-8,10,12-13,16-17H,3,9H2,1-2H3/b20-10-/t12-,13-,16+,17+/m0/s1. The zero-order valence-electron chi connectivity index (χ0n) is 14.2. The van der Waals surface area contributed by atoms with Crippen LogP contribution in [0.25, 0.3) is 0 Å². The topological polar surface area (TPSA) is 68.2 Å². The summed E-state index contributed by atoms with van der Waals surface area (Å²) in [5.74, 6) is 0.803. The molecule has 4 rings (SSSR count). The van der Waals surface area contributed by atoms with Crippen LogP contribution in [0.2, 0.25) is 0 Å². The number of hydrogen-bond acceptors (Lipinski definition) is 5. The van der Waals surface area contributed by atoms with Crippen molar-refractivity contribution in [1.29, 1.82) is 0 Å². The average Bonchev–Trinajstić information content (AvgIpc) is 3.29. The highest BCUT2D eigenvalue weighted by Gasteiger charge is 2.59. The summed E-state index contributed by atoms with van der Waals surface area (Å²) in [5.41, 5.74) is 0.735. The Labute approximate surface area is 146 Å². The molecule has 1 aliphatic heterocycles. The van der Waals surface area contributed by atoms with Gasteiger partial charge in [0.1, 0.15) is 0 Å². The highest BCUT2D eigenvalue weighted by molar-refractivity contribution is 6.06. The van der Waals surface area contributed by atoms with Gasteiger partial charge in [0.05, 0.1) is 31.8 Å². The van der Waals surface area contributed by atoms with Crippen molar-refractivity contribution in [3.63, 3.8) is 0 Å². The van der Waals surface area contributed by atoms with Crippen LogP contribution in [0.4, 0.5) is 0 Å². The van der Waals surface area contributed by atoms with Gasteiger partial charge in [-0.1, -0.05) is 12.2 Å². The van der Waals surface area contributed by atoms with Crippen LogP contribution in [0.15, 0.2) is 35.5 Å². The van der Waals surface area contributed by atoms with Crippen molar-refractivity contribution in [2.24, 2.45) is 28.8 Å².